The lowest BCUT2D eigenvalue weighted by molar-refractivity contribution is 0.520. The third-order valence-electron chi connectivity index (χ3n) is 3.26. The van der Waals surface area contributed by atoms with Gasteiger partial charge in [0.2, 0.25) is 0 Å². The van der Waals surface area contributed by atoms with Gasteiger partial charge in [-0.1, -0.05) is 43.7 Å². The van der Waals surface area contributed by atoms with Crippen LogP contribution < -0.4 is 5.32 Å². The van der Waals surface area contributed by atoms with E-state index in [2.05, 4.69) is 66.2 Å². The highest BCUT2D eigenvalue weighted by atomic mass is 15.3. The second-order valence-electron chi connectivity index (χ2n) is 4.88. The van der Waals surface area contributed by atoms with Crippen molar-refractivity contribution in [2.24, 2.45) is 0 Å². The van der Waals surface area contributed by atoms with Crippen molar-refractivity contribution >= 4 is 0 Å². The predicted molar refractivity (Wildman–Crippen MR) is 79.2 cm³/mol. The Hall–Kier alpha value is -1.61. The molecule has 0 radical (unpaired) electrons. The van der Waals surface area contributed by atoms with Gasteiger partial charge >= 0.3 is 0 Å². The minimum atomic E-state index is 0.221. The molecule has 0 bridgehead atoms. The maximum atomic E-state index is 4.43. The summed E-state index contributed by atoms with van der Waals surface area (Å²) < 4.78 is 2.11. The van der Waals surface area contributed by atoms with Gasteiger partial charge in [-0.15, -0.1) is 0 Å². The zero-order valence-electron chi connectivity index (χ0n) is 12.1. The topological polar surface area (TPSA) is 29.9 Å². The van der Waals surface area contributed by atoms with Crippen LogP contribution in [0.1, 0.15) is 43.1 Å². The summed E-state index contributed by atoms with van der Waals surface area (Å²) in [6, 6.07) is 11.0. The van der Waals surface area contributed by atoms with E-state index in [0.717, 1.165) is 19.5 Å². The Morgan fingerprint density at radius 3 is 2.79 bits per heavy atom. The van der Waals surface area contributed by atoms with Gasteiger partial charge in [0, 0.05) is 12.7 Å². The molecule has 1 heterocycles. The Kier molecular flexibility index (Phi) is 4.74. The molecule has 0 saturated carbocycles. The van der Waals surface area contributed by atoms with Gasteiger partial charge in [0.05, 0.1) is 11.7 Å². The highest BCUT2D eigenvalue weighted by Gasteiger charge is 2.17. The summed E-state index contributed by atoms with van der Waals surface area (Å²) in [5.74, 6) is 0. The average molecular weight is 257 g/mol. The lowest BCUT2D eigenvalue weighted by Gasteiger charge is -2.20. The van der Waals surface area contributed by atoms with Crippen LogP contribution >= 0.6 is 0 Å². The predicted octanol–water partition coefficient (Wildman–Crippen LogP) is 3.30. The van der Waals surface area contributed by atoms with Crippen LogP contribution in [0.2, 0.25) is 0 Å². The van der Waals surface area contributed by atoms with E-state index in [1.165, 1.54) is 16.8 Å². The number of hydrogen-bond donors (Lipinski definition) is 1. The monoisotopic (exact) mass is 257 g/mol. The molecule has 1 N–H and O–H groups in total. The highest BCUT2D eigenvalue weighted by Crippen LogP contribution is 2.22. The van der Waals surface area contributed by atoms with Crippen molar-refractivity contribution in [3.05, 3.63) is 53.3 Å². The van der Waals surface area contributed by atoms with E-state index < -0.39 is 0 Å². The molecule has 3 heteroatoms. The summed E-state index contributed by atoms with van der Waals surface area (Å²) in [6.07, 6.45) is 2.99. The molecule has 2 aromatic rings. The first-order valence-electron chi connectivity index (χ1n) is 7.08. The van der Waals surface area contributed by atoms with E-state index >= 15 is 0 Å². The van der Waals surface area contributed by atoms with Gasteiger partial charge in [0.15, 0.2) is 0 Å². The van der Waals surface area contributed by atoms with Crippen LogP contribution in [0.4, 0.5) is 0 Å². The van der Waals surface area contributed by atoms with Crippen LogP contribution in [-0.4, -0.2) is 16.3 Å². The number of aryl methyl sites for hydroxylation is 2. The SMILES string of the molecule is CCCn1nccc1C(NCC)c1cccc(C)c1. The van der Waals surface area contributed by atoms with Crippen molar-refractivity contribution < 1.29 is 0 Å². The quantitative estimate of drug-likeness (QED) is 0.860. The summed E-state index contributed by atoms with van der Waals surface area (Å²) in [4.78, 5) is 0. The minimum absolute atomic E-state index is 0.221. The van der Waals surface area contributed by atoms with Crippen molar-refractivity contribution in [3.8, 4) is 0 Å². The molecule has 102 valence electrons. The molecule has 0 fully saturated rings. The van der Waals surface area contributed by atoms with Gasteiger partial charge in [-0.3, -0.25) is 4.68 Å². The van der Waals surface area contributed by atoms with Crippen molar-refractivity contribution in [2.45, 2.75) is 39.8 Å². The smallest absolute Gasteiger partial charge is 0.0748 e. The van der Waals surface area contributed by atoms with Crippen LogP contribution in [-0.2, 0) is 6.54 Å². The fourth-order valence-corrected chi connectivity index (χ4v) is 2.43. The molecule has 3 nitrogen and oxygen atoms in total. The Morgan fingerprint density at radius 2 is 2.11 bits per heavy atom. The Balaban J connectivity index is 2.36. The van der Waals surface area contributed by atoms with E-state index in [4.69, 9.17) is 0 Å². The molecule has 1 unspecified atom stereocenters. The van der Waals surface area contributed by atoms with Crippen molar-refractivity contribution in [2.75, 3.05) is 6.54 Å². The Labute approximate surface area is 115 Å². The van der Waals surface area contributed by atoms with Gasteiger partial charge in [-0.2, -0.15) is 5.10 Å². The first-order chi connectivity index (χ1) is 9.26. The minimum Gasteiger partial charge on any atom is -0.305 e. The lowest BCUT2D eigenvalue weighted by Crippen LogP contribution is -2.25. The maximum Gasteiger partial charge on any atom is 0.0748 e. The number of nitrogens with one attached hydrogen (secondary N) is 1. The molecule has 0 aliphatic heterocycles. The van der Waals surface area contributed by atoms with E-state index in [0.29, 0.717) is 0 Å². The molecule has 0 aliphatic rings. The molecule has 1 atom stereocenters. The summed E-state index contributed by atoms with van der Waals surface area (Å²) in [5, 5.41) is 8.00. The van der Waals surface area contributed by atoms with Crippen LogP contribution in [0.15, 0.2) is 36.5 Å². The van der Waals surface area contributed by atoms with Gasteiger partial charge in [-0.25, -0.2) is 0 Å². The van der Waals surface area contributed by atoms with E-state index in [9.17, 15) is 0 Å². The van der Waals surface area contributed by atoms with Crippen molar-refractivity contribution in [1.82, 2.24) is 15.1 Å². The molecular weight excluding hydrogens is 234 g/mol. The molecular formula is C16H23N3. The number of benzene rings is 1. The first-order valence-corrected chi connectivity index (χ1v) is 7.08. The van der Waals surface area contributed by atoms with E-state index in [1.54, 1.807) is 0 Å². The molecule has 0 aliphatic carbocycles. The van der Waals surface area contributed by atoms with Crippen molar-refractivity contribution in [1.29, 1.82) is 0 Å². The molecule has 0 amide bonds. The van der Waals surface area contributed by atoms with Gasteiger partial charge in [-0.05, 0) is 31.5 Å². The third kappa shape index (κ3) is 3.24. The van der Waals surface area contributed by atoms with Crippen LogP contribution in [0.5, 0.6) is 0 Å². The molecule has 2 rings (SSSR count). The summed E-state index contributed by atoms with van der Waals surface area (Å²) in [7, 11) is 0. The first kappa shape index (κ1) is 13.8. The molecule has 1 aromatic heterocycles. The number of aromatic nitrogens is 2. The zero-order valence-corrected chi connectivity index (χ0v) is 12.1. The summed E-state index contributed by atoms with van der Waals surface area (Å²) >= 11 is 0. The van der Waals surface area contributed by atoms with E-state index in [1.807, 2.05) is 6.20 Å². The van der Waals surface area contributed by atoms with E-state index in [-0.39, 0.29) is 6.04 Å². The fourth-order valence-electron chi connectivity index (χ4n) is 2.43. The lowest BCUT2D eigenvalue weighted by atomic mass is 10.0. The second kappa shape index (κ2) is 6.53. The number of hydrogen-bond acceptors (Lipinski definition) is 2. The standard InChI is InChI=1S/C16H23N3/c1-4-11-19-15(9-10-18-19)16(17-5-2)14-8-6-7-13(3)12-14/h6-10,12,16-17H,4-5,11H2,1-3H3. The average Bonchev–Trinajstić information content (AvgIpc) is 2.84. The number of rotatable bonds is 6. The molecule has 1 aromatic carbocycles. The molecule has 0 saturated heterocycles. The largest absolute Gasteiger partial charge is 0.305 e. The third-order valence-corrected chi connectivity index (χ3v) is 3.26. The number of nitrogens with zero attached hydrogens (tertiary/aromatic N) is 2. The van der Waals surface area contributed by atoms with Gasteiger partial charge in [0.25, 0.3) is 0 Å². The molecule has 0 spiro atoms. The highest BCUT2D eigenvalue weighted by molar-refractivity contribution is 5.31. The summed E-state index contributed by atoms with van der Waals surface area (Å²) in [5.41, 5.74) is 3.84. The van der Waals surface area contributed by atoms with Crippen LogP contribution in [0.3, 0.4) is 0 Å². The Bertz CT molecular complexity index is 516. The molecule has 19 heavy (non-hydrogen) atoms. The van der Waals surface area contributed by atoms with Crippen LogP contribution in [0, 0.1) is 6.92 Å². The van der Waals surface area contributed by atoms with Crippen molar-refractivity contribution in [3.63, 3.8) is 0 Å². The summed E-state index contributed by atoms with van der Waals surface area (Å²) in [6.45, 7) is 8.37. The Morgan fingerprint density at radius 1 is 1.26 bits per heavy atom. The van der Waals surface area contributed by atoms with Gasteiger partial charge < -0.3 is 5.32 Å². The fraction of sp³-hybridized carbons (Fsp3) is 0.438. The second-order valence-corrected chi connectivity index (χ2v) is 4.88. The zero-order chi connectivity index (χ0) is 13.7. The normalized spacial score (nSPS) is 12.6. The van der Waals surface area contributed by atoms with Crippen LogP contribution in [0.25, 0.3) is 0 Å². The maximum absolute atomic E-state index is 4.43. The van der Waals surface area contributed by atoms with Gasteiger partial charge in [0.1, 0.15) is 0 Å².